The molecule has 0 aromatic heterocycles. The minimum absolute atomic E-state index is 0.221. The predicted octanol–water partition coefficient (Wildman–Crippen LogP) is 6.17. The van der Waals surface area contributed by atoms with E-state index in [4.69, 9.17) is 50.2 Å². The first-order valence-corrected chi connectivity index (χ1v) is 7.46. The third kappa shape index (κ3) is 4.57. The van der Waals surface area contributed by atoms with Crippen LogP contribution in [0.2, 0.25) is 15.1 Å². The van der Waals surface area contributed by atoms with Crippen molar-refractivity contribution >= 4 is 46.8 Å². The molecule has 0 bridgehead atoms. The first kappa shape index (κ1) is 18.0. The maximum atomic E-state index is 11.1. The van der Waals surface area contributed by atoms with Gasteiger partial charge in [-0.2, -0.15) is 0 Å². The van der Waals surface area contributed by atoms with E-state index < -0.39 is 11.7 Å². The first-order valence-electron chi connectivity index (χ1n) is 6.33. The molecule has 2 aromatic carbocycles. The summed E-state index contributed by atoms with van der Waals surface area (Å²) in [7, 11) is 0. The molecule has 0 aliphatic rings. The Morgan fingerprint density at radius 2 is 1.75 bits per heavy atom. The van der Waals surface area contributed by atoms with Crippen LogP contribution in [0.15, 0.2) is 47.2 Å². The Labute approximate surface area is 151 Å². The number of hydrogen-bond acceptors (Lipinski definition) is 3. The normalized spacial score (nSPS) is 10.9. The Morgan fingerprint density at radius 3 is 2.38 bits per heavy atom. The summed E-state index contributed by atoms with van der Waals surface area (Å²) in [6, 6.07) is 9.19. The predicted molar refractivity (Wildman–Crippen MR) is 92.7 cm³/mol. The number of nitrogens with zero attached hydrogens (tertiary/aromatic N) is 3. The van der Waals surface area contributed by atoms with Crippen molar-refractivity contribution < 1.29 is 14.6 Å². The number of azide groups is 1. The lowest BCUT2D eigenvalue weighted by Gasteiger charge is -2.11. The van der Waals surface area contributed by atoms with Crippen LogP contribution >= 0.6 is 34.8 Å². The van der Waals surface area contributed by atoms with Gasteiger partial charge < -0.3 is 9.84 Å². The fourth-order valence-electron chi connectivity index (χ4n) is 1.72. The molecule has 1 N–H and O–H groups in total. The number of carboxylic acids is 1. The average molecular weight is 385 g/mol. The van der Waals surface area contributed by atoms with Gasteiger partial charge in [0.2, 0.25) is 0 Å². The molecule has 0 radical (unpaired) electrons. The van der Waals surface area contributed by atoms with Crippen LogP contribution in [0.4, 0.5) is 0 Å². The van der Waals surface area contributed by atoms with E-state index in [0.717, 1.165) is 6.08 Å². The molecular formula is C15H8Cl3N3O3. The summed E-state index contributed by atoms with van der Waals surface area (Å²) in [6.45, 7) is 0. The maximum absolute atomic E-state index is 11.1. The third-order valence-corrected chi connectivity index (χ3v) is 3.54. The quantitative estimate of drug-likeness (QED) is 0.289. The van der Waals surface area contributed by atoms with Crippen molar-refractivity contribution in [2.24, 2.45) is 5.11 Å². The molecule has 2 aromatic rings. The van der Waals surface area contributed by atoms with Gasteiger partial charge in [0.15, 0.2) is 0 Å². The summed E-state index contributed by atoms with van der Waals surface area (Å²) < 4.78 is 5.69. The Balaban J connectivity index is 2.52. The van der Waals surface area contributed by atoms with Gasteiger partial charge >= 0.3 is 5.97 Å². The van der Waals surface area contributed by atoms with E-state index in [2.05, 4.69) is 10.0 Å². The lowest BCUT2D eigenvalue weighted by molar-refractivity contribution is -0.132. The van der Waals surface area contributed by atoms with E-state index in [0.29, 0.717) is 20.6 Å². The van der Waals surface area contributed by atoms with E-state index in [1.54, 1.807) is 12.1 Å². The second-order valence-corrected chi connectivity index (χ2v) is 5.66. The highest BCUT2D eigenvalue weighted by atomic mass is 35.5. The Kier molecular flexibility index (Phi) is 5.95. The van der Waals surface area contributed by atoms with Crippen LogP contribution in [0.3, 0.4) is 0 Å². The summed E-state index contributed by atoms with van der Waals surface area (Å²) in [4.78, 5) is 13.6. The van der Waals surface area contributed by atoms with Crippen molar-refractivity contribution in [3.8, 4) is 11.5 Å². The standard InChI is InChI=1S/C15H8Cl3N3O3/c16-9-2-1-8(5-12(15(22)23)20-21-19)13(6-9)24-14-7-10(17)3-4-11(14)18/h1-7H,(H,22,23). The van der Waals surface area contributed by atoms with Gasteiger partial charge in [0.05, 0.1) is 5.02 Å². The molecule has 0 saturated carbocycles. The fraction of sp³-hybridized carbons (Fsp3) is 0. The summed E-state index contributed by atoms with van der Waals surface area (Å²) in [5.74, 6) is -0.894. The molecule has 122 valence electrons. The number of carbonyl (C=O) groups is 1. The van der Waals surface area contributed by atoms with Gasteiger partial charge in [0.1, 0.15) is 17.2 Å². The number of halogens is 3. The van der Waals surface area contributed by atoms with Crippen molar-refractivity contribution in [3.05, 3.63) is 73.2 Å². The smallest absolute Gasteiger partial charge is 0.338 e. The SMILES string of the molecule is [N-]=[N+]=NC(=Cc1ccc(Cl)cc1Oc1cc(Cl)ccc1Cl)C(=O)O. The molecule has 9 heteroatoms. The van der Waals surface area contributed by atoms with E-state index in [-0.39, 0.29) is 11.5 Å². The number of ether oxygens (including phenoxy) is 1. The molecule has 0 atom stereocenters. The number of benzene rings is 2. The summed E-state index contributed by atoms with van der Waals surface area (Å²) >= 11 is 17.9. The van der Waals surface area contributed by atoms with Gasteiger partial charge in [-0.3, -0.25) is 0 Å². The average Bonchev–Trinajstić information content (AvgIpc) is 2.52. The minimum atomic E-state index is -1.38. The van der Waals surface area contributed by atoms with Crippen LogP contribution in [0.25, 0.3) is 16.5 Å². The van der Waals surface area contributed by atoms with Crippen LogP contribution in [0.1, 0.15) is 5.56 Å². The first-order chi connectivity index (χ1) is 11.4. The third-order valence-electron chi connectivity index (χ3n) is 2.75. The van der Waals surface area contributed by atoms with Gasteiger partial charge in [0.25, 0.3) is 0 Å². The number of hydrogen-bond donors (Lipinski definition) is 1. The monoisotopic (exact) mass is 383 g/mol. The van der Waals surface area contributed by atoms with Gasteiger partial charge in [-0.1, -0.05) is 39.9 Å². The van der Waals surface area contributed by atoms with Crippen LogP contribution in [-0.2, 0) is 4.79 Å². The molecule has 0 aliphatic heterocycles. The molecule has 0 fully saturated rings. The van der Waals surface area contributed by atoms with Gasteiger partial charge in [-0.15, -0.1) is 0 Å². The van der Waals surface area contributed by atoms with Gasteiger partial charge in [-0.25, -0.2) is 4.79 Å². The maximum Gasteiger partial charge on any atom is 0.338 e. The Morgan fingerprint density at radius 1 is 1.12 bits per heavy atom. The molecular weight excluding hydrogens is 377 g/mol. The van der Waals surface area contributed by atoms with Crippen molar-refractivity contribution in [1.82, 2.24) is 0 Å². The molecule has 6 nitrogen and oxygen atoms in total. The van der Waals surface area contributed by atoms with Crippen LogP contribution in [0, 0.1) is 0 Å². The fourth-order valence-corrected chi connectivity index (χ4v) is 2.20. The molecule has 0 unspecified atom stereocenters. The molecule has 0 spiro atoms. The van der Waals surface area contributed by atoms with Crippen molar-refractivity contribution in [1.29, 1.82) is 0 Å². The second kappa shape index (κ2) is 7.95. The number of aliphatic carboxylic acids is 1. The van der Waals surface area contributed by atoms with Gasteiger partial charge in [-0.05, 0) is 35.9 Å². The minimum Gasteiger partial charge on any atom is -0.478 e. The van der Waals surface area contributed by atoms with Crippen molar-refractivity contribution in [3.63, 3.8) is 0 Å². The summed E-state index contributed by atoms with van der Waals surface area (Å²) in [5.41, 5.74) is 8.28. The summed E-state index contributed by atoms with van der Waals surface area (Å²) in [5, 5.41) is 13.3. The van der Waals surface area contributed by atoms with E-state index in [1.165, 1.54) is 24.3 Å². The largest absolute Gasteiger partial charge is 0.478 e. The zero-order chi connectivity index (χ0) is 17.7. The van der Waals surface area contributed by atoms with Crippen LogP contribution < -0.4 is 4.74 Å². The van der Waals surface area contributed by atoms with Crippen LogP contribution in [0.5, 0.6) is 11.5 Å². The zero-order valence-corrected chi connectivity index (χ0v) is 14.0. The van der Waals surface area contributed by atoms with Crippen molar-refractivity contribution in [2.75, 3.05) is 0 Å². The molecule has 0 aliphatic carbocycles. The van der Waals surface area contributed by atoms with E-state index in [9.17, 15) is 4.79 Å². The lowest BCUT2D eigenvalue weighted by atomic mass is 10.1. The van der Waals surface area contributed by atoms with Crippen molar-refractivity contribution in [2.45, 2.75) is 0 Å². The highest BCUT2D eigenvalue weighted by molar-refractivity contribution is 6.34. The molecule has 2 rings (SSSR count). The van der Waals surface area contributed by atoms with Gasteiger partial charge in [0, 0.05) is 32.7 Å². The summed E-state index contributed by atoms with van der Waals surface area (Å²) in [6.07, 6.45) is 1.16. The second-order valence-electron chi connectivity index (χ2n) is 4.38. The lowest BCUT2D eigenvalue weighted by Crippen LogP contribution is -1.97. The molecule has 24 heavy (non-hydrogen) atoms. The highest BCUT2D eigenvalue weighted by Gasteiger charge is 2.11. The molecule has 0 saturated heterocycles. The molecule has 0 heterocycles. The van der Waals surface area contributed by atoms with E-state index >= 15 is 0 Å². The van der Waals surface area contributed by atoms with Crippen LogP contribution in [-0.4, -0.2) is 11.1 Å². The number of carboxylic acid groups (broad SMARTS) is 1. The number of rotatable bonds is 5. The zero-order valence-electron chi connectivity index (χ0n) is 11.8. The van der Waals surface area contributed by atoms with E-state index in [1.807, 2.05) is 0 Å². The molecule has 0 amide bonds. The highest BCUT2D eigenvalue weighted by Crippen LogP contribution is 2.35. The Bertz CT molecular complexity index is 874. The Hall–Kier alpha value is -2.37. The topological polar surface area (TPSA) is 95.3 Å².